The Morgan fingerprint density at radius 1 is 1.50 bits per heavy atom. The van der Waals surface area contributed by atoms with Crippen LogP contribution in [0, 0.1) is 0 Å². The van der Waals surface area contributed by atoms with Gasteiger partial charge in [0, 0.05) is 0 Å². The summed E-state index contributed by atoms with van der Waals surface area (Å²) in [6.07, 6.45) is -0.636. The maximum Gasteiger partial charge on any atom is 0.285 e. The normalized spacial score (nSPS) is 29.2. The van der Waals surface area contributed by atoms with E-state index in [4.69, 9.17) is 4.74 Å². The van der Waals surface area contributed by atoms with E-state index in [0.717, 1.165) is 0 Å². The zero-order valence-electron chi connectivity index (χ0n) is 7.44. The van der Waals surface area contributed by atoms with Crippen molar-refractivity contribution in [2.75, 3.05) is 13.1 Å². The maximum absolute atomic E-state index is 13.0. The van der Waals surface area contributed by atoms with Gasteiger partial charge in [0.2, 0.25) is 0 Å². The van der Waals surface area contributed by atoms with Crippen LogP contribution in [-0.2, 0) is 4.74 Å². The Morgan fingerprint density at radius 3 is 2.67 bits per heavy atom. The number of halogens is 2. The van der Waals surface area contributed by atoms with Crippen LogP contribution in [0.1, 0.15) is 20.3 Å². The van der Waals surface area contributed by atoms with Crippen molar-refractivity contribution in [2.45, 2.75) is 38.4 Å². The number of alkyl halides is 2. The van der Waals surface area contributed by atoms with Gasteiger partial charge in [0.05, 0.1) is 12.6 Å². The maximum atomic E-state index is 13.0. The molecule has 1 aliphatic heterocycles. The molecule has 1 aliphatic rings. The van der Waals surface area contributed by atoms with Crippen molar-refractivity contribution in [1.82, 2.24) is 5.32 Å². The zero-order valence-corrected chi connectivity index (χ0v) is 7.44. The Labute approximate surface area is 71.3 Å². The van der Waals surface area contributed by atoms with E-state index in [1.807, 2.05) is 0 Å². The second-order valence-electron chi connectivity index (χ2n) is 3.40. The Balaban J connectivity index is 2.48. The molecular weight excluding hydrogens is 164 g/mol. The summed E-state index contributed by atoms with van der Waals surface area (Å²) >= 11 is 0. The molecule has 0 radical (unpaired) electrons. The minimum absolute atomic E-state index is 0.126. The summed E-state index contributed by atoms with van der Waals surface area (Å²) in [6.45, 7) is 3.91. The molecule has 0 bridgehead atoms. The summed E-state index contributed by atoms with van der Waals surface area (Å²) in [5.74, 6) is -2.71. The predicted octanol–water partition coefficient (Wildman–Crippen LogP) is 1.41. The largest absolute Gasteiger partial charge is 0.369 e. The third-order valence-electron chi connectivity index (χ3n) is 1.85. The molecule has 1 atom stereocenters. The van der Waals surface area contributed by atoms with E-state index in [1.165, 1.54) is 0 Å². The minimum Gasteiger partial charge on any atom is -0.369 e. The summed E-state index contributed by atoms with van der Waals surface area (Å²) in [7, 11) is 0. The van der Waals surface area contributed by atoms with E-state index in [2.05, 4.69) is 5.32 Å². The van der Waals surface area contributed by atoms with Crippen LogP contribution < -0.4 is 5.32 Å². The fourth-order valence-corrected chi connectivity index (χ4v) is 1.31. The minimum atomic E-state index is -2.71. The molecule has 0 saturated carbocycles. The lowest BCUT2D eigenvalue weighted by atomic mass is 10.1. The summed E-state index contributed by atoms with van der Waals surface area (Å²) in [4.78, 5) is 0. The molecule has 0 aromatic rings. The molecule has 0 aromatic heterocycles. The molecular formula is C8H15F2NO. The highest BCUT2D eigenvalue weighted by atomic mass is 19.3. The van der Waals surface area contributed by atoms with Crippen molar-refractivity contribution in [3.05, 3.63) is 0 Å². The molecule has 4 heteroatoms. The van der Waals surface area contributed by atoms with Gasteiger partial charge in [-0.1, -0.05) is 0 Å². The van der Waals surface area contributed by atoms with Gasteiger partial charge in [0.15, 0.2) is 0 Å². The molecule has 1 saturated heterocycles. The van der Waals surface area contributed by atoms with Gasteiger partial charge in [-0.3, -0.25) is 0 Å². The highest BCUT2D eigenvalue weighted by Gasteiger charge is 2.42. The quantitative estimate of drug-likeness (QED) is 0.692. The first-order valence-corrected chi connectivity index (χ1v) is 4.26. The number of hydrogen-bond donors (Lipinski definition) is 1. The first-order chi connectivity index (χ1) is 5.52. The smallest absolute Gasteiger partial charge is 0.285 e. The summed E-state index contributed by atoms with van der Waals surface area (Å²) in [6, 6.07) is 0. The zero-order chi connectivity index (χ0) is 9.19. The van der Waals surface area contributed by atoms with E-state index in [9.17, 15) is 8.78 Å². The molecule has 0 aromatic carbocycles. The number of rotatable bonds is 2. The van der Waals surface area contributed by atoms with Crippen LogP contribution in [0.5, 0.6) is 0 Å². The van der Waals surface area contributed by atoms with Gasteiger partial charge < -0.3 is 10.1 Å². The summed E-state index contributed by atoms with van der Waals surface area (Å²) < 4.78 is 31.2. The van der Waals surface area contributed by atoms with Gasteiger partial charge in [-0.25, -0.2) is 8.78 Å². The van der Waals surface area contributed by atoms with Gasteiger partial charge in [-0.05, 0) is 26.8 Å². The molecule has 1 N–H and O–H groups in total. The van der Waals surface area contributed by atoms with Crippen molar-refractivity contribution in [3.8, 4) is 0 Å². The van der Waals surface area contributed by atoms with Gasteiger partial charge in [0.1, 0.15) is 6.10 Å². The number of piperidine rings is 1. The van der Waals surface area contributed by atoms with E-state index >= 15 is 0 Å². The van der Waals surface area contributed by atoms with Gasteiger partial charge in [-0.15, -0.1) is 0 Å². The van der Waals surface area contributed by atoms with E-state index in [0.29, 0.717) is 13.0 Å². The van der Waals surface area contributed by atoms with Crippen LogP contribution in [0.4, 0.5) is 8.78 Å². The predicted molar refractivity (Wildman–Crippen MR) is 42.4 cm³/mol. The standard InChI is InChI=1S/C8H15F2NO/c1-6(2)12-7-3-4-11-5-8(7,9)10/h6-7,11H,3-5H2,1-2H3/t7-/m1/s1. The fourth-order valence-electron chi connectivity index (χ4n) is 1.31. The lowest BCUT2D eigenvalue weighted by Gasteiger charge is -2.32. The van der Waals surface area contributed by atoms with Crippen molar-refractivity contribution in [2.24, 2.45) is 0 Å². The lowest BCUT2D eigenvalue weighted by Crippen LogP contribution is -2.51. The molecule has 1 heterocycles. The summed E-state index contributed by atoms with van der Waals surface area (Å²) in [5, 5.41) is 2.65. The fraction of sp³-hybridized carbons (Fsp3) is 1.00. The Kier molecular flexibility index (Phi) is 3.01. The first-order valence-electron chi connectivity index (χ1n) is 4.26. The highest BCUT2D eigenvalue weighted by Crippen LogP contribution is 2.26. The van der Waals surface area contributed by atoms with Crippen LogP contribution in [0.25, 0.3) is 0 Å². The molecule has 0 amide bonds. The van der Waals surface area contributed by atoms with Gasteiger partial charge >= 0.3 is 0 Å². The second kappa shape index (κ2) is 3.66. The van der Waals surface area contributed by atoms with Crippen LogP contribution in [-0.4, -0.2) is 31.2 Å². The number of hydrogen-bond acceptors (Lipinski definition) is 2. The molecule has 2 nitrogen and oxygen atoms in total. The molecule has 72 valence electrons. The van der Waals surface area contributed by atoms with E-state index in [1.54, 1.807) is 13.8 Å². The Morgan fingerprint density at radius 2 is 2.17 bits per heavy atom. The van der Waals surface area contributed by atoms with Crippen LogP contribution in [0.15, 0.2) is 0 Å². The Bertz CT molecular complexity index is 150. The van der Waals surface area contributed by atoms with Crippen molar-refractivity contribution < 1.29 is 13.5 Å². The second-order valence-corrected chi connectivity index (χ2v) is 3.40. The third kappa shape index (κ3) is 2.38. The topological polar surface area (TPSA) is 21.3 Å². The first kappa shape index (κ1) is 9.86. The lowest BCUT2D eigenvalue weighted by molar-refractivity contribution is -0.163. The monoisotopic (exact) mass is 179 g/mol. The van der Waals surface area contributed by atoms with Crippen molar-refractivity contribution >= 4 is 0 Å². The molecule has 1 fully saturated rings. The summed E-state index contributed by atoms with van der Waals surface area (Å²) in [5.41, 5.74) is 0. The van der Waals surface area contributed by atoms with Crippen molar-refractivity contribution in [3.63, 3.8) is 0 Å². The third-order valence-corrected chi connectivity index (χ3v) is 1.85. The van der Waals surface area contributed by atoms with Gasteiger partial charge in [-0.2, -0.15) is 0 Å². The van der Waals surface area contributed by atoms with Gasteiger partial charge in [0.25, 0.3) is 5.92 Å². The molecule has 1 rings (SSSR count). The number of ether oxygens (including phenoxy) is 1. The SMILES string of the molecule is CC(C)O[C@@H]1CCNCC1(F)F. The van der Waals surface area contributed by atoms with E-state index < -0.39 is 12.0 Å². The van der Waals surface area contributed by atoms with Crippen LogP contribution in [0.3, 0.4) is 0 Å². The van der Waals surface area contributed by atoms with Crippen LogP contribution >= 0.6 is 0 Å². The molecule has 0 aliphatic carbocycles. The van der Waals surface area contributed by atoms with Crippen LogP contribution in [0.2, 0.25) is 0 Å². The molecule has 0 unspecified atom stereocenters. The Hall–Kier alpha value is -0.220. The average Bonchev–Trinajstić information content (AvgIpc) is 1.92. The molecule has 0 spiro atoms. The number of nitrogens with one attached hydrogen (secondary N) is 1. The van der Waals surface area contributed by atoms with Crippen molar-refractivity contribution in [1.29, 1.82) is 0 Å². The van der Waals surface area contributed by atoms with E-state index in [-0.39, 0.29) is 12.6 Å². The molecule has 12 heavy (non-hydrogen) atoms. The highest BCUT2D eigenvalue weighted by molar-refractivity contribution is 4.85. The average molecular weight is 179 g/mol.